The van der Waals surface area contributed by atoms with Gasteiger partial charge in [0.2, 0.25) is 0 Å². The number of hydrogen-bond acceptors (Lipinski definition) is 4. The summed E-state index contributed by atoms with van der Waals surface area (Å²) in [6, 6.07) is 0.311. The summed E-state index contributed by atoms with van der Waals surface area (Å²) < 4.78 is 1.86. The van der Waals surface area contributed by atoms with Crippen molar-refractivity contribution in [2.24, 2.45) is 0 Å². The first kappa shape index (κ1) is 13.0. The Morgan fingerprint density at radius 1 is 1.50 bits per heavy atom. The lowest BCUT2D eigenvalue weighted by atomic mass is 10.2. The van der Waals surface area contributed by atoms with Gasteiger partial charge in [-0.3, -0.25) is 0 Å². The normalized spacial score (nSPS) is 10.8. The maximum absolute atomic E-state index is 5.16. The Kier molecular flexibility index (Phi) is 5.31. The number of nitrogens with zero attached hydrogens (tertiary/aromatic N) is 4. The largest absolute Gasteiger partial charge is 0.380 e. The summed E-state index contributed by atoms with van der Waals surface area (Å²) in [5.41, 5.74) is 0. The molecule has 16 heavy (non-hydrogen) atoms. The first-order valence-corrected chi connectivity index (χ1v) is 6.09. The van der Waals surface area contributed by atoms with Crippen LogP contribution in [0.15, 0.2) is 0 Å². The van der Waals surface area contributed by atoms with Gasteiger partial charge in [-0.1, -0.05) is 12.2 Å². The van der Waals surface area contributed by atoms with E-state index in [4.69, 9.17) is 12.2 Å². The molecule has 0 unspecified atom stereocenters. The van der Waals surface area contributed by atoms with E-state index in [2.05, 4.69) is 34.7 Å². The monoisotopic (exact) mass is 241 g/mol. The van der Waals surface area contributed by atoms with E-state index in [1.54, 1.807) is 0 Å². The lowest BCUT2D eigenvalue weighted by Gasteiger charge is -2.08. The summed E-state index contributed by atoms with van der Waals surface area (Å²) in [6.07, 6.45) is 2.75. The Morgan fingerprint density at radius 3 is 2.88 bits per heavy atom. The van der Waals surface area contributed by atoms with Crippen molar-refractivity contribution >= 4 is 17.2 Å². The van der Waals surface area contributed by atoms with Gasteiger partial charge in [0.1, 0.15) is 0 Å². The minimum Gasteiger partial charge on any atom is -0.380 e. The average molecular weight is 241 g/mol. The van der Waals surface area contributed by atoms with Gasteiger partial charge in [0.15, 0.2) is 5.82 Å². The maximum atomic E-state index is 5.16. The van der Waals surface area contributed by atoms with E-state index in [1.807, 2.05) is 11.6 Å². The van der Waals surface area contributed by atoms with Crippen molar-refractivity contribution in [3.05, 3.63) is 5.82 Å². The number of rotatable bonds is 6. The van der Waals surface area contributed by atoms with Crippen molar-refractivity contribution in [1.82, 2.24) is 25.5 Å². The molecule has 5 nitrogen and oxygen atoms in total. The third-order valence-corrected chi connectivity index (χ3v) is 2.58. The third-order valence-electron chi connectivity index (χ3n) is 2.23. The van der Waals surface area contributed by atoms with Crippen LogP contribution in [-0.4, -0.2) is 31.7 Å². The van der Waals surface area contributed by atoms with Gasteiger partial charge in [-0.15, -0.1) is 5.10 Å². The molecule has 0 aromatic carbocycles. The van der Waals surface area contributed by atoms with E-state index in [-0.39, 0.29) is 0 Å². The highest BCUT2D eigenvalue weighted by molar-refractivity contribution is 7.80. The van der Waals surface area contributed by atoms with Crippen LogP contribution in [0.2, 0.25) is 0 Å². The van der Waals surface area contributed by atoms with E-state index in [0.717, 1.165) is 36.6 Å². The summed E-state index contributed by atoms with van der Waals surface area (Å²) in [5, 5.41) is 14.8. The molecule has 0 atom stereocenters. The predicted octanol–water partition coefficient (Wildman–Crippen LogP) is 1.51. The Bertz CT molecular complexity index is 334. The summed E-state index contributed by atoms with van der Waals surface area (Å²) in [6.45, 7) is 7.08. The average Bonchev–Trinajstić information content (AvgIpc) is 2.66. The minimum absolute atomic E-state index is 0.311. The Hall–Kier alpha value is -1.04. The van der Waals surface area contributed by atoms with Crippen molar-refractivity contribution in [1.29, 1.82) is 0 Å². The molecule has 90 valence electrons. The van der Waals surface area contributed by atoms with Gasteiger partial charge in [-0.2, -0.15) is 0 Å². The van der Waals surface area contributed by atoms with Crippen molar-refractivity contribution in [2.75, 3.05) is 6.54 Å². The van der Waals surface area contributed by atoms with Crippen molar-refractivity contribution in [3.63, 3.8) is 0 Å². The lowest BCUT2D eigenvalue weighted by Crippen LogP contribution is -2.20. The second-order valence-electron chi connectivity index (χ2n) is 3.94. The first-order valence-electron chi connectivity index (χ1n) is 5.68. The molecular formula is C10H19N5S. The molecule has 0 radical (unpaired) electrons. The van der Waals surface area contributed by atoms with Crippen molar-refractivity contribution < 1.29 is 0 Å². The fraction of sp³-hybridized carbons (Fsp3) is 0.800. The molecule has 0 amide bonds. The van der Waals surface area contributed by atoms with E-state index in [9.17, 15) is 0 Å². The fourth-order valence-corrected chi connectivity index (χ4v) is 1.76. The van der Waals surface area contributed by atoms with E-state index in [1.165, 1.54) is 0 Å². The fourth-order valence-electron chi connectivity index (χ4n) is 1.47. The summed E-state index contributed by atoms with van der Waals surface area (Å²) in [7, 11) is 0. The Balaban J connectivity index is 2.37. The summed E-state index contributed by atoms with van der Waals surface area (Å²) >= 11 is 5.16. The molecule has 0 saturated carbocycles. The highest BCUT2D eigenvalue weighted by atomic mass is 32.1. The Labute approximate surface area is 102 Å². The number of aryl methyl sites for hydroxylation is 1. The van der Waals surface area contributed by atoms with Crippen LogP contribution >= 0.6 is 12.2 Å². The molecule has 0 aliphatic heterocycles. The number of aromatic nitrogens is 4. The van der Waals surface area contributed by atoms with Crippen LogP contribution in [0.5, 0.6) is 0 Å². The second kappa shape index (κ2) is 6.52. The highest BCUT2D eigenvalue weighted by Crippen LogP contribution is 2.07. The van der Waals surface area contributed by atoms with Gasteiger partial charge in [-0.05, 0) is 44.0 Å². The standard InChI is InChI=1S/C10H19N5S/c1-4-11-10(16)7-5-6-9-12-13-14-15(9)8(2)3/h8H,4-7H2,1-3H3,(H,11,16). The number of thiocarbonyl (C=S) groups is 1. The number of nitrogens with one attached hydrogen (secondary N) is 1. The van der Waals surface area contributed by atoms with Crippen LogP contribution in [0.4, 0.5) is 0 Å². The van der Waals surface area contributed by atoms with Gasteiger partial charge in [0.05, 0.1) is 11.0 Å². The summed E-state index contributed by atoms with van der Waals surface area (Å²) in [4.78, 5) is 0.922. The molecule has 6 heteroatoms. The van der Waals surface area contributed by atoms with Crippen molar-refractivity contribution in [3.8, 4) is 0 Å². The molecular weight excluding hydrogens is 222 g/mol. The van der Waals surface area contributed by atoms with Gasteiger partial charge >= 0.3 is 0 Å². The molecule has 1 aromatic heterocycles. The van der Waals surface area contributed by atoms with Gasteiger partial charge in [0, 0.05) is 13.0 Å². The Morgan fingerprint density at radius 2 is 2.25 bits per heavy atom. The maximum Gasteiger partial charge on any atom is 0.151 e. The quantitative estimate of drug-likeness (QED) is 0.765. The molecule has 0 saturated heterocycles. The molecule has 0 bridgehead atoms. The van der Waals surface area contributed by atoms with Crippen LogP contribution < -0.4 is 5.32 Å². The summed E-state index contributed by atoms with van der Waals surface area (Å²) in [5.74, 6) is 0.939. The van der Waals surface area contributed by atoms with Crippen LogP contribution in [0.3, 0.4) is 0 Å². The van der Waals surface area contributed by atoms with Gasteiger partial charge in [0.25, 0.3) is 0 Å². The molecule has 1 rings (SSSR count). The second-order valence-corrected chi connectivity index (χ2v) is 4.43. The van der Waals surface area contributed by atoms with Crippen LogP contribution in [0.1, 0.15) is 45.5 Å². The number of tetrazole rings is 1. The zero-order valence-electron chi connectivity index (χ0n) is 10.1. The van der Waals surface area contributed by atoms with E-state index < -0.39 is 0 Å². The lowest BCUT2D eigenvalue weighted by molar-refractivity contribution is 0.490. The van der Waals surface area contributed by atoms with E-state index in [0.29, 0.717) is 6.04 Å². The molecule has 1 heterocycles. The molecule has 1 aromatic rings. The predicted molar refractivity (Wildman–Crippen MR) is 67.4 cm³/mol. The topological polar surface area (TPSA) is 55.6 Å². The van der Waals surface area contributed by atoms with Crippen LogP contribution in [0.25, 0.3) is 0 Å². The molecule has 0 fully saturated rings. The van der Waals surface area contributed by atoms with Gasteiger partial charge in [-0.25, -0.2) is 4.68 Å². The first-order chi connectivity index (χ1) is 7.65. The SMILES string of the molecule is CCNC(=S)CCCc1nnnn1C(C)C. The van der Waals surface area contributed by atoms with Crippen molar-refractivity contribution in [2.45, 2.75) is 46.1 Å². The molecule has 0 spiro atoms. The van der Waals surface area contributed by atoms with Gasteiger partial charge < -0.3 is 5.32 Å². The molecule has 1 N–H and O–H groups in total. The van der Waals surface area contributed by atoms with E-state index >= 15 is 0 Å². The number of hydrogen-bond donors (Lipinski definition) is 1. The molecule has 0 aliphatic rings. The smallest absolute Gasteiger partial charge is 0.151 e. The van der Waals surface area contributed by atoms with Crippen LogP contribution in [0, 0.1) is 0 Å². The van der Waals surface area contributed by atoms with Crippen LogP contribution in [-0.2, 0) is 6.42 Å². The molecule has 0 aliphatic carbocycles. The third kappa shape index (κ3) is 3.84. The highest BCUT2D eigenvalue weighted by Gasteiger charge is 2.08. The zero-order chi connectivity index (χ0) is 12.0. The minimum atomic E-state index is 0.311. The zero-order valence-corrected chi connectivity index (χ0v) is 10.9.